The molecular formula is C12H15ClN2O. The van der Waals surface area contributed by atoms with Crippen LogP contribution in [-0.4, -0.2) is 16.9 Å². The second kappa shape index (κ2) is 5.66. The molecule has 0 aliphatic heterocycles. The second-order valence-corrected chi connectivity index (χ2v) is 4.11. The van der Waals surface area contributed by atoms with E-state index in [1.54, 1.807) is 25.1 Å². The Bertz CT molecular complexity index is 384. The summed E-state index contributed by atoms with van der Waals surface area (Å²) >= 11 is 5.78. The highest BCUT2D eigenvalue weighted by Gasteiger charge is 2.10. The summed E-state index contributed by atoms with van der Waals surface area (Å²) in [6, 6.07) is 3.34. The monoisotopic (exact) mass is 238 g/mol. The zero-order valence-corrected chi connectivity index (χ0v) is 10.2. The zero-order chi connectivity index (χ0) is 12.1. The lowest BCUT2D eigenvalue weighted by molar-refractivity contribution is 0.0940. The summed E-state index contributed by atoms with van der Waals surface area (Å²) < 4.78 is 0. The fraction of sp³-hybridized carbons (Fsp3) is 0.333. The van der Waals surface area contributed by atoms with E-state index in [1.165, 1.54) is 0 Å². The van der Waals surface area contributed by atoms with Crippen LogP contribution in [0.4, 0.5) is 0 Å². The summed E-state index contributed by atoms with van der Waals surface area (Å²) in [5.74, 6) is -0.137. The van der Waals surface area contributed by atoms with Gasteiger partial charge in [0.15, 0.2) is 0 Å². The van der Waals surface area contributed by atoms with Crippen molar-refractivity contribution in [1.82, 2.24) is 10.3 Å². The minimum absolute atomic E-state index is 0.0669. The Balaban J connectivity index is 2.76. The van der Waals surface area contributed by atoms with Gasteiger partial charge in [0, 0.05) is 17.3 Å². The quantitative estimate of drug-likeness (QED) is 0.647. The van der Waals surface area contributed by atoms with Crippen molar-refractivity contribution in [2.75, 3.05) is 0 Å². The molecule has 0 fully saturated rings. The molecule has 1 atom stereocenters. The van der Waals surface area contributed by atoms with E-state index in [-0.39, 0.29) is 11.9 Å². The third-order valence-corrected chi connectivity index (χ3v) is 2.28. The molecule has 1 aromatic heterocycles. The molecule has 0 saturated heterocycles. The first kappa shape index (κ1) is 12.7. The number of aromatic nitrogens is 1. The summed E-state index contributed by atoms with van der Waals surface area (Å²) in [5.41, 5.74) is 1.27. The zero-order valence-electron chi connectivity index (χ0n) is 9.46. The largest absolute Gasteiger partial charge is 0.349 e. The summed E-state index contributed by atoms with van der Waals surface area (Å²) in [6.07, 6.45) is 2.51. The molecule has 1 rings (SSSR count). The first-order chi connectivity index (χ1) is 7.52. The molecule has 16 heavy (non-hydrogen) atoms. The van der Waals surface area contributed by atoms with Gasteiger partial charge in [-0.2, -0.15) is 0 Å². The van der Waals surface area contributed by atoms with Gasteiger partial charge in [-0.1, -0.05) is 17.7 Å². The molecule has 0 aliphatic rings. The number of nitrogens with one attached hydrogen (secondary N) is 1. The van der Waals surface area contributed by atoms with E-state index in [2.05, 4.69) is 16.9 Å². The number of rotatable bonds is 4. The predicted octanol–water partition coefficient (Wildman–Crippen LogP) is 2.74. The van der Waals surface area contributed by atoms with E-state index < -0.39 is 0 Å². The van der Waals surface area contributed by atoms with Gasteiger partial charge in [0.2, 0.25) is 0 Å². The minimum atomic E-state index is -0.137. The molecule has 3 nitrogen and oxygen atoms in total. The van der Waals surface area contributed by atoms with Gasteiger partial charge >= 0.3 is 0 Å². The van der Waals surface area contributed by atoms with Gasteiger partial charge in [0.25, 0.3) is 5.91 Å². The lowest BCUT2D eigenvalue weighted by Gasteiger charge is -2.11. The SMILES string of the molecule is C=CCC(C)NC(=O)c1cc(C)nc(Cl)c1. The van der Waals surface area contributed by atoms with E-state index >= 15 is 0 Å². The lowest BCUT2D eigenvalue weighted by Crippen LogP contribution is -2.32. The number of halogens is 1. The van der Waals surface area contributed by atoms with Gasteiger partial charge in [-0.25, -0.2) is 4.98 Å². The Morgan fingerprint density at radius 3 is 2.94 bits per heavy atom. The lowest BCUT2D eigenvalue weighted by atomic mass is 10.2. The number of carbonyl (C=O) groups is 1. The molecule has 0 aromatic carbocycles. The second-order valence-electron chi connectivity index (χ2n) is 3.72. The Morgan fingerprint density at radius 1 is 1.69 bits per heavy atom. The maximum absolute atomic E-state index is 11.8. The van der Waals surface area contributed by atoms with E-state index in [9.17, 15) is 4.79 Å². The van der Waals surface area contributed by atoms with Crippen LogP contribution >= 0.6 is 11.6 Å². The van der Waals surface area contributed by atoms with Crippen LogP contribution in [0.3, 0.4) is 0 Å². The normalized spacial score (nSPS) is 11.9. The fourth-order valence-corrected chi connectivity index (χ4v) is 1.63. The molecule has 0 spiro atoms. The van der Waals surface area contributed by atoms with Gasteiger partial charge in [-0.3, -0.25) is 4.79 Å². The van der Waals surface area contributed by atoms with Crippen molar-refractivity contribution in [3.63, 3.8) is 0 Å². The van der Waals surface area contributed by atoms with Gasteiger partial charge in [0.05, 0.1) is 0 Å². The van der Waals surface area contributed by atoms with E-state index in [0.29, 0.717) is 10.7 Å². The highest BCUT2D eigenvalue weighted by atomic mass is 35.5. The summed E-state index contributed by atoms with van der Waals surface area (Å²) in [6.45, 7) is 7.35. The standard InChI is InChI=1S/C12H15ClN2O/c1-4-5-8(2)15-12(16)10-6-9(3)14-11(13)7-10/h4,6-8H,1,5H2,2-3H3,(H,15,16). The molecule has 0 radical (unpaired) electrons. The Labute approximate surface area is 101 Å². The van der Waals surface area contributed by atoms with Crippen LogP contribution < -0.4 is 5.32 Å². The Morgan fingerprint density at radius 2 is 2.38 bits per heavy atom. The van der Waals surface area contributed by atoms with Gasteiger partial charge in [-0.05, 0) is 32.4 Å². The minimum Gasteiger partial charge on any atom is -0.349 e. The van der Waals surface area contributed by atoms with Crippen LogP contribution in [0.25, 0.3) is 0 Å². The summed E-state index contributed by atoms with van der Waals surface area (Å²) in [5, 5.41) is 3.19. The molecule has 86 valence electrons. The number of amides is 1. The van der Waals surface area contributed by atoms with Crippen molar-refractivity contribution in [3.05, 3.63) is 41.2 Å². The first-order valence-electron chi connectivity index (χ1n) is 5.09. The smallest absolute Gasteiger partial charge is 0.251 e. The van der Waals surface area contributed by atoms with Crippen molar-refractivity contribution in [3.8, 4) is 0 Å². The predicted molar refractivity (Wildman–Crippen MR) is 65.7 cm³/mol. The van der Waals surface area contributed by atoms with Crippen molar-refractivity contribution >= 4 is 17.5 Å². The van der Waals surface area contributed by atoms with E-state index in [4.69, 9.17) is 11.6 Å². The number of hydrogen-bond donors (Lipinski definition) is 1. The van der Waals surface area contributed by atoms with Crippen LogP contribution in [0.5, 0.6) is 0 Å². The van der Waals surface area contributed by atoms with Crippen LogP contribution in [0.1, 0.15) is 29.4 Å². The van der Waals surface area contributed by atoms with Crippen molar-refractivity contribution < 1.29 is 4.79 Å². The molecular weight excluding hydrogens is 224 g/mol. The topological polar surface area (TPSA) is 42.0 Å². The number of hydrogen-bond acceptors (Lipinski definition) is 2. The third kappa shape index (κ3) is 3.66. The van der Waals surface area contributed by atoms with Crippen molar-refractivity contribution in [2.24, 2.45) is 0 Å². The van der Waals surface area contributed by atoms with Crippen LogP contribution in [0.15, 0.2) is 24.8 Å². The molecule has 1 aromatic rings. The van der Waals surface area contributed by atoms with Gasteiger partial charge in [-0.15, -0.1) is 6.58 Å². The van der Waals surface area contributed by atoms with Crippen molar-refractivity contribution in [2.45, 2.75) is 26.3 Å². The van der Waals surface area contributed by atoms with Gasteiger partial charge < -0.3 is 5.32 Å². The third-order valence-electron chi connectivity index (χ3n) is 2.08. The fourth-order valence-electron chi connectivity index (χ4n) is 1.38. The molecule has 0 saturated carbocycles. The van der Waals surface area contributed by atoms with Crippen LogP contribution in [0, 0.1) is 6.92 Å². The van der Waals surface area contributed by atoms with E-state index in [1.807, 2.05) is 6.92 Å². The molecule has 1 N–H and O–H groups in total. The molecule has 4 heteroatoms. The number of nitrogens with zero attached hydrogens (tertiary/aromatic N) is 1. The Hall–Kier alpha value is -1.35. The first-order valence-corrected chi connectivity index (χ1v) is 5.46. The summed E-state index contributed by atoms with van der Waals surface area (Å²) in [4.78, 5) is 15.8. The molecule has 1 unspecified atom stereocenters. The summed E-state index contributed by atoms with van der Waals surface area (Å²) in [7, 11) is 0. The van der Waals surface area contributed by atoms with E-state index in [0.717, 1.165) is 12.1 Å². The maximum atomic E-state index is 11.8. The van der Waals surface area contributed by atoms with Crippen LogP contribution in [-0.2, 0) is 0 Å². The number of carbonyl (C=O) groups excluding carboxylic acids is 1. The number of aryl methyl sites for hydroxylation is 1. The highest BCUT2D eigenvalue weighted by molar-refractivity contribution is 6.29. The Kier molecular flexibility index (Phi) is 4.50. The molecule has 1 heterocycles. The van der Waals surface area contributed by atoms with Gasteiger partial charge in [0.1, 0.15) is 5.15 Å². The maximum Gasteiger partial charge on any atom is 0.251 e. The average molecular weight is 239 g/mol. The average Bonchev–Trinajstić information content (AvgIpc) is 2.16. The molecule has 1 amide bonds. The molecule has 0 aliphatic carbocycles. The van der Waals surface area contributed by atoms with Crippen molar-refractivity contribution in [1.29, 1.82) is 0 Å². The molecule has 0 bridgehead atoms. The number of pyridine rings is 1. The van der Waals surface area contributed by atoms with Crippen LogP contribution in [0.2, 0.25) is 5.15 Å². The highest BCUT2D eigenvalue weighted by Crippen LogP contribution is 2.10.